The minimum atomic E-state index is 0.362. The van der Waals surface area contributed by atoms with Crippen LogP contribution in [0.2, 0.25) is 0 Å². The fourth-order valence-corrected chi connectivity index (χ4v) is 2.58. The van der Waals surface area contributed by atoms with Gasteiger partial charge in [0.1, 0.15) is 0 Å². The Morgan fingerprint density at radius 3 is 2.81 bits per heavy atom. The Balaban J connectivity index is 2.11. The largest absolute Gasteiger partial charge is 0.327 e. The quantitative estimate of drug-likeness (QED) is 0.683. The van der Waals surface area contributed by atoms with Crippen molar-refractivity contribution in [2.75, 3.05) is 6.54 Å². The Kier molecular flexibility index (Phi) is 7.06. The zero-order valence-electron chi connectivity index (χ0n) is 11.2. The van der Waals surface area contributed by atoms with E-state index >= 15 is 0 Å². The first-order valence-electron chi connectivity index (χ1n) is 7.21. The van der Waals surface area contributed by atoms with E-state index < -0.39 is 0 Å². The van der Waals surface area contributed by atoms with E-state index in [4.69, 9.17) is 5.73 Å². The van der Waals surface area contributed by atoms with Gasteiger partial charge in [-0.1, -0.05) is 39.5 Å². The van der Waals surface area contributed by atoms with Crippen LogP contribution in [0.4, 0.5) is 0 Å². The molecule has 1 fully saturated rings. The van der Waals surface area contributed by atoms with Gasteiger partial charge in [-0.3, -0.25) is 0 Å². The Bertz CT molecular complexity index is 170. The highest BCUT2D eigenvalue weighted by atomic mass is 14.9. The molecule has 0 amide bonds. The average molecular weight is 226 g/mol. The molecule has 96 valence electrons. The van der Waals surface area contributed by atoms with E-state index in [1.807, 2.05) is 0 Å². The molecular weight excluding hydrogens is 196 g/mol. The lowest BCUT2D eigenvalue weighted by molar-refractivity contribution is 0.419. The summed E-state index contributed by atoms with van der Waals surface area (Å²) < 4.78 is 0. The number of unbranched alkanes of at least 4 members (excludes halogenated alkanes) is 1. The second-order valence-electron chi connectivity index (χ2n) is 5.62. The van der Waals surface area contributed by atoms with E-state index in [0.717, 1.165) is 18.5 Å². The van der Waals surface area contributed by atoms with Crippen molar-refractivity contribution in [1.29, 1.82) is 0 Å². The van der Waals surface area contributed by atoms with Crippen molar-refractivity contribution in [2.45, 2.75) is 77.3 Å². The molecule has 2 heteroatoms. The molecular formula is C14H30N2. The molecule has 3 N–H and O–H groups in total. The van der Waals surface area contributed by atoms with Crippen LogP contribution in [0.1, 0.15) is 65.2 Å². The molecule has 0 bridgehead atoms. The first-order chi connectivity index (χ1) is 7.72. The van der Waals surface area contributed by atoms with Crippen molar-refractivity contribution >= 4 is 0 Å². The summed E-state index contributed by atoms with van der Waals surface area (Å²) in [6.07, 6.45) is 10.6. The van der Waals surface area contributed by atoms with E-state index in [-0.39, 0.29) is 0 Å². The minimum absolute atomic E-state index is 0.362. The lowest BCUT2D eigenvalue weighted by Crippen LogP contribution is -2.39. The summed E-state index contributed by atoms with van der Waals surface area (Å²) in [4.78, 5) is 0. The van der Waals surface area contributed by atoms with E-state index in [1.165, 1.54) is 51.4 Å². The normalized spacial score (nSPS) is 28.7. The molecule has 0 radical (unpaired) electrons. The zero-order chi connectivity index (χ0) is 11.8. The van der Waals surface area contributed by atoms with Crippen LogP contribution in [-0.4, -0.2) is 18.6 Å². The number of hydrogen-bond acceptors (Lipinski definition) is 2. The molecule has 1 rings (SSSR count). The SMILES string of the molecule is CCCCC(N)CNC1CCCC(C)CC1. The third-order valence-corrected chi connectivity index (χ3v) is 3.85. The highest BCUT2D eigenvalue weighted by Crippen LogP contribution is 2.22. The maximum absolute atomic E-state index is 6.08. The van der Waals surface area contributed by atoms with Crippen LogP contribution >= 0.6 is 0 Å². The number of nitrogens with two attached hydrogens (primary N) is 1. The van der Waals surface area contributed by atoms with Crippen LogP contribution in [0.15, 0.2) is 0 Å². The molecule has 3 unspecified atom stereocenters. The van der Waals surface area contributed by atoms with E-state index in [0.29, 0.717) is 6.04 Å². The summed E-state index contributed by atoms with van der Waals surface area (Å²) >= 11 is 0. The van der Waals surface area contributed by atoms with Crippen molar-refractivity contribution in [3.8, 4) is 0 Å². The Labute approximate surface area is 101 Å². The number of rotatable bonds is 6. The standard InChI is InChI=1S/C14H30N2/c1-3-4-7-13(15)11-16-14-8-5-6-12(2)9-10-14/h12-14,16H,3-11,15H2,1-2H3. The molecule has 0 aliphatic heterocycles. The second-order valence-corrected chi connectivity index (χ2v) is 5.62. The molecule has 0 aromatic heterocycles. The van der Waals surface area contributed by atoms with Gasteiger partial charge in [0.25, 0.3) is 0 Å². The zero-order valence-corrected chi connectivity index (χ0v) is 11.2. The van der Waals surface area contributed by atoms with Crippen molar-refractivity contribution in [2.24, 2.45) is 11.7 Å². The monoisotopic (exact) mass is 226 g/mol. The topological polar surface area (TPSA) is 38.0 Å². The highest BCUT2D eigenvalue weighted by molar-refractivity contribution is 4.75. The molecule has 1 aliphatic rings. The van der Waals surface area contributed by atoms with Crippen LogP contribution in [0.3, 0.4) is 0 Å². The first kappa shape index (κ1) is 14.0. The molecule has 0 heterocycles. The second kappa shape index (κ2) is 8.08. The van der Waals surface area contributed by atoms with Gasteiger partial charge in [0.2, 0.25) is 0 Å². The van der Waals surface area contributed by atoms with Crippen LogP contribution in [0, 0.1) is 5.92 Å². The average Bonchev–Trinajstić information content (AvgIpc) is 2.48. The summed E-state index contributed by atoms with van der Waals surface area (Å²) in [6.45, 7) is 5.63. The molecule has 0 spiro atoms. The fourth-order valence-electron chi connectivity index (χ4n) is 2.58. The smallest absolute Gasteiger partial charge is 0.0165 e. The van der Waals surface area contributed by atoms with E-state index in [1.54, 1.807) is 0 Å². The van der Waals surface area contributed by atoms with Crippen molar-refractivity contribution in [3.05, 3.63) is 0 Å². The summed E-state index contributed by atoms with van der Waals surface area (Å²) in [7, 11) is 0. The van der Waals surface area contributed by atoms with Gasteiger partial charge in [-0.15, -0.1) is 0 Å². The minimum Gasteiger partial charge on any atom is -0.327 e. The van der Waals surface area contributed by atoms with Gasteiger partial charge < -0.3 is 11.1 Å². The van der Waals surface area contributed by atoms with Crippen molar-refractivity contribution < 1.29 is 0 Å². The predicted molar refractivity (Wildman–Crippen MR) is 71.5 cm³/mol. The van der Waals surface area contributed by atoms with Gasteiger partial charge in [-0.2, -0.15) is 0 Å². The van der Waals surface area contributed by atoms with Crippen LogP contribution in [0.25, 0.3) is 0 Å². The fraction of sp³-hybridized carbons (Fsp3) is 1.00. The van der Waals surface area contributed by atoms with Crippen LogP contribution < -0.4 is 11.1 Å². The third-order valence-electron chi connectivity index (χ3n) is 3.85. The molecule has 0 saturated heterocycles. The number of hydrogen-bond donors (Lipinski definition) is 2. The van der Waals surface area contributed by atoms with E-state index in [9.17, 15) is 0 Å². The molecule has 1 saturated carbocycles. The van der Waals surface area contributed by atoms with Crippen LogP contribution in [-0.2, 0) is 0 Å². The lowest BCUT2D eigenvalue weighted by Gasteiger charge is -2.19. The first-order valence-corrected chi connectivity index (χ1v) is 7.21. The lowest BCUT2D eigenvalue weighted by atomic mass is 10.0. The van der Waals surface area contributed by atoms with Gasteiger partial charge in [0, 0.05) is 18.6 Å². The molecule has 16 heavy (non-hydrogen) atoms. The summed E-state index contributed by atoms with van der Waals surface area (Å²) in [5.74, 6) is 0.931. The van der Waals surface area contributed by atoms with E-state index in [2.05, 4.69) is 19.2 Å². The Morgan fingerprint density at radius 1 is 1.25 bits per heavy atom. The molecule has 3 atom stereocenters. The highest BCUT2D eigenvalue weighted by Gasteiger charge is 2.16. The molecule has 1 aliphatic carbocycles. The van der Waals surface area contributed by atoms with Gasteiger partial charge in [-0.25, -0.2) is 0 Å². The predicted octanol–water partition coefficient (Wildman–Crippen LogP) is 3.06. The van der Waals surface area contributed by atoms with Crippen LogP contribution in [0.5, 0.6) is 0 Å². The molecule has 2 nitrogen and oxygen atoms in total. The number of nitrogens with one attached hydrogen (secondary N) is 1. The van der Waals surface area contributed by atoms with Crippen molar-refractivity contribution in [3.63, 3.8) is 0 Å². The Hall–Kier alpha value is -0.0800. The van der Waals surface area contributed by atoms with Crippen molar-refractivity contribution in [1.82, 2.24) is 5.32 Å². The maximum Gasteiger partial charge on any atom is 0.0165 e. The van der Waals surface area contributed by atoms with Gasteiger partial charge in [0.15, 0.2) is 0 Å². The third kappa shape index (κ3) is 5.86. The van der Waals surface area contributed by atoms with Gasteiger partial charge >= 0.3 is 0 Å². The Morgan fingerprint density at radius 2 is 2.06 bits per heavy atom. The summed E-state index contributed by atoms with van der Waals surface area (Å²) in [6, 6.07) is 1.10. The maximum atomic E-state index is 6.08. The van der Waals surface area contributed by atoms with Gasteiger partial charge in [-0.05, 0) is 31.6 Å². The summed E-state index contributed by atoms with van der Waals surface area (Å²) in [5, 5.41) is 3.67. The summed E-state index contributed by atoms with van der Waals surface area (Å²) in [5.41, 5.74) is 6.08. The molecule has 0 aromatic carbocycles. The van der Waals surface area contributed by atoms with Gasteiger partial charge in [0.05, 0.1) is 0 Å². The molecule has 0 aromatic rings.